The van der Waals surface area contributed by atoms with Crippen molar-refractivity contribution in [3.63, 3.8) is 0 Å². The van der Waals surface area contributed by atoms with E-state index in [1.54, 1.807) is 6.20 Å². The van der Waals surface area contributed by atoms with Gasteiger partial charge in [-0.2, -0.15) is 0 Å². The number of rotatable bonds is 7. The number of hydrogen-bond donors (Lipinski definition) is 2. The highest BCUT2D eigenvalue weighted by atomic mass is 16.4. The van der Waals surface area contributed by atoms with Crippen LogP contribution in [-0.4, -0.2) is 40.0 Å². The van der Waals surface area contributed by atoms with Gasteiger partial charge in [-0.15, -0.1) is 0 Å². The zero-order valence-corrected chi connectivity index (χ0v) is 16.2. The van der Waals surface area contributed by atoms with Gasteiger partial charge in [0.15, 0.2) is 0 Å². The Balaban J connectivity index is 1.63. The van der Waals surface area contributed by atoms with Crippen molar-refractivity contribution in [1.82, 2.24) is 15.2 Å². The van der Waals surface area contributed by atoms with Crippen LogP contribution in [-0.2, 0) is 29.1 Å². The Morgan fingerprint density at radius 3 is 2.46 bits per heavy atom. The number of amides is 1. The first-order valence-corrected chi connectivity index (χ1v) is 9.75. The maximum Gasteiger partial charge on any atom is 0.307 e. The highest BCUT2D eigenvalue weighted by molar-refractivity contribution is 5.80. The maximum absolute atomic E-state index is 12.7. The van der Waals surface area contributed by atoms with E-state index < -0.39 is 11.9 Å². The summed E-state index contributed by atoms with van der Waals surface area (Å²) in [4.78, 5) is 30.6. The lowest BCUT2D eigenvalue weighted by Gasteiger charge is -2.35. The number of benzene rings is 1. The molecule has 1 aromatic carbocycles. The summed E-state index contributed by atoms with van der Waals surface area (Å²) in [6.07, 6.45) is 3.05. The van der Waals surface area contributed by atoms with E-state index in [9.17, 15) is 14.7 Å². The molecular formula is C22H27N3O3. The van der Waals surface area contributed by atoms with Crippen molar-refractivity contribution in [2.24, 2.45) is 11.8 Å². The van der Waals surface area contributed by atoms with E-state index in [1.165, 1.54) is 5.56 Å². The Morgan fingerprint density at radius 2 is 1.82 bits per heavy atom. The number of nitrogens with one attached hydrogen (secondary N) is 1. The zero-order chi connectivity index (χ0) is 19.9. The second-order valence-electron chi connectivity index (χ2n) is 7.37. The second-order valence-corrected chi connectivity index (χ2v) is 7.37. The van der Waals surface area contributed by atoms with Crippen LogP contribution >= 0.6 is 0 Å². The SMILES string of the molecule is CCc1ccc(CN2C[C@@H](C(=O)O)C[C@@H](C(=O)NCc3ccccn3)C2)cc1. The molecule has 0 unspecified atom stereocenters. The van der Waals surface area contributed by atoms with Crippen LogP contribution < -0.4 is 5.32 Å². The molecule has 2 atom stereocenters. The van der Waals surface area contributed by atoms with Gasteiger partial charge in [-0.25, -0.2) is 0 Å². The predicted octanol–water partition coefficient (Wildman–Crippen LogP) is 2.48. The van der Waals surface area contributed by atoms with E-state index in [-0.39, 0.29) is 11.8 Å². The van der Waals surface area contributed by atoms with Gasteiger partial charge in [-0.3, -0.25) is 19.5 Å². The molecule has 1 aromatic heterocycles. The summed E-state index contributed by atoms with van der Waals surface area (Å²) < 4.78 is 0. The van der Waals surface area contributed by atoms with Crippen molar-refractivity contribution in [2.45, 2.75) is 32.9 Å². The summed E-state index contributed by atoms with van der Waals surface area (Å²) in [6.45, 7) is 4.15. The predicted molar refractivity (Wildman–Crippen MR) is 106 cm³/mol. The van der Waals surface area contributed by atoms with Gasteiger partial charge < -0.3 is 10.4 Å². The van der Waals surface area contributed by atoms with E-state index in [4.69, 9.17) is 0 Å². The van der Waals surface area contributed by atoms with E-state index in [0.29, 0.717) is 32.6 Å². The topological polar surface area (TPSA) is 82.5 Å². The van der Waals surface area contributed by atoms with E-state index in [2.05, 4.69) is 46.4 Å². The van der Waals surface area contributed by atoms with Crippen molar-refractivity contribution < 1.29 is 14.7 Å². The lowest BCUT2D eigenvalue weighted by molar-refractivity contribution is -0.145. The number of aromatic nitrogens is 1. The van der Waals surface area contributed by atoms with Gasteiger partial charge in [0.2, 0.25) is 5.91 Å². The van der Waals surface area contributed by atoms with Crippen molar-refractivity contribution in [1.29, 1.82) is 0 Å². The molecule has 2 heterocycles. The molecule has 28 heavy (non-hydrogen) atoms. The van der Waals surface area contributed by atoms with Crippen LogP contribution in [0.1, 0.15) is 30.2 Å². The number of carbonyl (C=O) groups is 2. The molecule has 3 rings (SSSR count). The van der Waals surface area contributed by atoms with Crippen LogP contribution in [0.25, 0.3) is 0 Å². The normalized spacial score (nSPS) is 19.9. The summed E-state index contributed by atoms with van der Waals surface area (Å²) >= 11 is 0. The van der Waals surface area contributed by atoms with Gasteiger partial charge in [0, 0.05) is 25.8 Å². The van der Waals surface area contributed by atoms with Crippen LogP contribution in [0.15, 0.2) is 48.7 Å². The standard InChI is InChI=1S/C22H27N3O3/c1-2-16-6-8-17(9-7-16)13-25-14-18(11-19(15-25)22(27)28)21(26)24-12-20-5-3-4-10-23-20/h3-10,18-19H,2,11-15H2,1H3,(H,24,26)(H,27,28)/t18-,19+/m1/s1. The highest BCUT2D eigenvalue weighted by Crippen LogP contribution is 2.24. The number of piperidine rings is 1. The molecule has 6 nitrogen and oxygen atoms in total. The average molecular weight is 381 g/mol. The average Bonchev–Trinajstić information content (AvgIpc) is 2.73. The highest BCUT2D eigenvalue weighted by Gasteiger charge is 2.35. The van der Waals surface area contributed by atoms with Crippen molar-refractivity contribution in [3.8, 4) is 0 Å². The third kappa shape index (κ3) is 5.39. The van der Waals surface area contributed by atoms with Crippen LogP contribution in [0.5, 0.6) is 0 Å². The number of aryl methyl sites for hydroxylation is 1. The minimum atomic E-state index is -0.839. The third-order valence-corrected chi connectivity index (χ3v) is 5.25. The zero-order valence-electron chi connectivity index (χ0n) is 16.2. The third-order valence-electron chi connectivity index (χ3n) is 5.25. The minimum absolute atomic E-state index is 0.108. The Bertz CT molecular complexity index is 792. The number of nitrogens with zero attached hydrogens (tertiary/aromatic N) is 2. The number of carbonyl (C=O) groups excluding carboxylic acids is 1. The molecule has 6 heteroatoms. The fraction of sp³-hybridized carbons (Fsp3) is 0.409. The smallest absolute Gasteiger partial charge is 0.307 e. The fourth-order valence-electron chi connectivity index (χ4n) is 3.65. The molecule has 1 saturated heterocycles. The lowest BCUT2D eigenvalue weighted by Crippen LogP contribution is -2.47. The van der Waals surface area contributed by atoms with Crippen LogP contribution in [0.4, 0.5) is 0 Å². The number of hydrogen-bond acceptors (Lipinski definition) is 4. The largest absolute Gasteiger partial charge is 0.481 e. The van der Waals surface area contributed by atoms with E-state index >= 15 is 0 Å². The second kappa shape index (κ2) is 9.46. The number of likely N-dealkylation sites (tertiary alicyclic amines) is 1. The number of carboxylic acids is 1. The first-order chi connectivity index (χ1) is 13.5. The van der Waals surface area contributed by atoms with E-state index in [1.807, 2.05) is 18.2 Å². The van der Waals surface area contributed by atoms with Gasteiger partial charge in [-0.05, 0) is 36.1 Å². The maximum atomic E-state index is 12.7. The van der Waals surface area contributed by atoms with Crippen LogP contribution in [0.3, 0.4) is 0 Å². The first-order valence-electron chi connectivity index (χ1n) is 9.75. The van der Waals surface area contributed by atoms with Gasteiger partial charge >= 0.3 is 5.97 Å². The quantitative estimate of drug-likeness (QED) is 0.770. The van der Waals surface area contributed by atoms with Crippen LogP contribution in [0.2, 0.25) is 0 Å². The molecule has 1 aliphatic rings. The fourth-order valence-corrected chi connectivity index (χ4v) is 3.65. The number of carboxylic acid groups (broad SMARTS) is 1. The summed E-state index contributed by atoms with van der Waals surface area (Å²) in [6, 6.07) is 13.9. The van der Waals surface area contributed by atoms with Crippen molar-refractivity contribution >= 4 is 11.9 Å². The molecule has 2 aromatic rings. The molecule has 1 fully saturated rings. The monoisotopic (exact) mass is 381 g/mol. The molecule has 148 valence electrons. The minimum Gasteiger partial charge on any atom is -0.481 e. The van der Waals surface area contributed by atoms with Gasteiger partial charge in [0.05, 0.1) is 24.1 Å². The molecule has 1 amide bonds. The summed E-state index contributed by atoms with van der Waals surface area (Å²) in [7, 11) is 0. The summed E-state index contributed by atoms with van der Waals surface area (Å²) in [5, 5.41) is 12.4. The molecule has 0 spiro atoms. The molecule has 0 aliphatic carbocycles. The Hall–Kier alpha value is -2.73. The Labute approximate surface area is 165 Å². The molecule has 0 bridgehead atoms. The van der Waals surface area contributed by atoms with E-state index in [0.717, 1.165) is 17.7 Å². The van der Waals surface area contributed by atoms with Crippen molar-refractivity contribution in [2.75, 3.05) is 13.1 Å². The summed E-state index contributed by atoms with van der Waals surface area (Å²) in [5.74, 6) is -1.82. The van der Waals surface area contributed by atoms with Crippen LogP contribution in [0, 0.1) is 11.8 Å². The van der Waals surface area contributed by atoms with Crippen molar-refractivity contribution in [3.05, 3.63) is 65.5 Å². The molecular weight excluding hydrogens is 354 g/mol. The van der Waals surface area contributed by atoms with Gasteiger partial charge in [-0.1, -0.05) is 37.3 Å². The Kier molecular flexibility index (Phi) is 6.76. The molecule has 1 aliphatic heterocycles. The Morgan fingerprint density at radius 1 is 1.11 bits per heavy atom. The first kappa shape index (κ1) is 20.0. The van der Waals surface area contributed by atoms with Gasteiger partial charge in [0.1, 0.15) is 0 Å². The van der Waals surface area contributed by atoms with Gasteiger partial charge in [0.25, 0.3) is 0 Å². The lowest BCUT2D eigenvalue weighted by atomic mass is 9.88. The molecule has 2 N–H and O–H groups in total. The molecule has 0 saturated carbocycles. The number of pyridine rings is 1. The molecule has 0 radical (unpaired) electrons. The summed E-state index contributed by atoms with van der Waals surface area (Å²) in [5.41, 5.74) is 3.20. The number of aliphatic carboxylic acids is 1.